The summed E-state index contributed by atoms with van der Waals surface area (Å²) in [6.45, 7) is 2.36. The number of halogens is 2. The highest BCUT2D eigenvalue weighted by molar-refractivity contribution is 5.95. The highest BCUT2D eigenvalue weighted by Crippen LogP contribution is 2.26. The highest BCUT2D eigenvalue weighted by atomic mass is 19.1. The molecule has 1 aromatic rings. The molecule has 1 fully saturated rings. The van der Waals surface area contributed by atoms with Gasteiger partial charge in [-0.2, -0.15) is 0 Å². The molecule has 0 N–H and O–H groups in total. The molecule has 0 aliphatic carbocycles. The number of likely N-dealkylation sites (tertiary alicyclic amines) is 1. The minimum atomic E-state index is -0.899. The molecule has 2 rings (SSSR count). The molecule has 108 valence electrons. The summed E-state index contributed by atoms with van der Waals surface area (Å²) < 4.78 is 31.1. The predicted octanol–water partition coefficient (Wildman–Crippen LogP) is 1.85. The van der Waals surface area contributed by atoms with E-state index < -0.39 is 23.5 Å². The van der Waals surface area contributed by atoms with Crippen LogP contribution >= 0.6 is 0 Å². The van der Waals surface area contributed by atoms with Gasteiger partial charge in [-0.25, -0.2) is 8.78 Å². The molecular formula is C14H15F2NO3. The van der Waals surface area contributed by atoms with Gasteiger partial charge < -0.3 is 9.64 Å². The zero-order valence-electron chi connectivity index (χ0n) is 11.2. The van der Waals surface area contributed by atoms with Crippen molar-refractivity contribution in [1.82, 2.24) is 4.90 Å². The van der Waals surface area contributed by atoms with Gasteiger partial charge in [-0.1, -0.05) is 6.92 Å². The van der Waals surface area contributed by atoms with Gasteiger partial charge in [-0.05, 0) is 18.1 Å². The van der Waals surface area contributed by atoms with Crippen molar-refractivity contribution in [2.45, 2.75) is 6.92 Å². The molecule has 4 nitrogen and oxygen atoms in total. The number of methoxy groups -OCH3 is 1. The lowest BCUT2D eigenvalue weighted by Gasteiger charge is -2.16. The first-order valence-electron chi connectivity index (χ1n) is 6.26. The molecule has 2 atom stereocenters. The first kappa shape index (κ1) is 14.4. The summed E-state index contributed by atoms with van der Waals surface area (Å²) in [7, 11) is 1.29. The number of carbonyl (C=O) groups is 2. The topological polar surface area (TPSA) is 46.6 Å². The summed E-state index contributed by atoms with van der Waals surface area (Å²) in [4.78, 5) is 25.1. The van der Waals surface area contributed by atoms with Crippen molar-refractivity contribution in [2.75, 3.05) is 20.2 Å². The lowest BCUT2D eigenvalue weighted by Crippen LogP contribution is -2.30. The van der Waals surface area contributed by atoms with Crippen LogP contribution in [-0.2, 0) is 9.53 Å². The molecule has 1 heterocycles. The van der Waals surface area contributed by atoms with E-state index in [-0.39, 0.29) is 24.0 Å². The van der Waals surface area contributed by atoms with Crippen LogP contribution in [0.3, 0.4) is 0 Å². The average Bonchev–Trinajstić information content (AvgIpc) is 2.79. The minimum absolute atomic E-state index is 0.0603. The van der Waals surface area contributed by atoms with Gasteiger partial charge in [0.25, 0.3) is 5.91 Å². The fraction of sp³-hybridized carbons (Fsp3) is 0.429. The number of ether oxygens (including phenoxy) is 1. The molecule has 2 unspecified atom stereocenters. The molecule has 0 radical (unpaired) electrons. The standard InChI is InChI=1S/C14H15F2NO3/c1-8-6-17(7-11(8)14(19)20-2)13(18)10-4-3-9(15)5-12(10)16/h3-5,8,11H,6-7H2,1-2H3. The van der Waals surface area contributed by atoms with E-state index in [0.29, 0.717) is 12.6 Å². The largest absolute Gasteiger partial charge is 0.469 e. The van der Waals surface area contributed by atoms with E-state index in [2.05, 4.69) is 4.74 Å². The maximum absolute atomic E-state index is 13.6. The van der Waals surface area contributed by atoms with Gasteiger partial charge in [0, 0.05) is 19.2 Å². The summed E-state index contributed by atoms with van der Waals surface area (Å²) >= 11 is 0. The fourth-order valence-electron chi connectivity index (χ4n) is 2.42. The van der Waals surface area contributed by atoms with Crippen molar-refractivity contribution in [1.29, 1.82) is 0 Å². The molecule has 1 amide bonds. The Morgan fingerprint density at radius 3 is 2.60 bits per heavy atom. The third-order valence-electron chi connectivity index (χ3n) is 3.57. The third-order valence-corrected chi connectivity index (χ3v) is 3.57. The Bertz CT molecular complexity index is 547. The molecule has 0 bridgehead atoms. The van der Waals surface area contributed by atoms with E-state index in [1.54, 1.807) is 0 Å². The summed E-state index contributed by atoms with van der Waals surface area (Å²) in [6, 6.07) is 2.82. The van der Waals surface area contributed by atoms with Crippen LogP contribution in [0, 0.1) is 23.5 Å². The Morgan fingerprint density at radius 2 is 2.00 bits per heavy atom. The minimum Gasteiger partial charge on any atom is -0.469 e. The number of esters is 1. The van der Waals surface area contributed by atoms with Crippen LogP contribution in [0.25, 0.3) is 0 Å². The quantitative estimate of drug-likeness (QED) is 0.778. The molecule has 1 aliphatic rings. The highest BCUT2D eigenvalue weighted by Gasteiger charge is 2.38. The Balaban J connectivity index is 2.17. The lowest BCUT2D eigenvalue weighted by molar-refractivity contribution is -0.146. The van der Waals surface area contributed by atoms with Crippen molar-refractivity contribution in [3.8, 4) is 0 Å². The number of benzene rings is 1. The van der Waals surface area contributed by atoms with Gasteiger partial charge in [0.15, 0.2) is 0 Å². The number of hydrogen-bond acceptors (Lipinski definition) is 3. The molecule has 20 heavy (non-hydrogen) atoms. The summed E-state index contributed by atoms with van der Waals surface area (Å²) in [6.07, 6.45) is 0. The van der Waals surface area contributed by atoms with Crippen LogP contribution < -0.4 is 0 Å². The molecule has 0 saturated carbocycles. The second-order valence-electron chi connectivity index (χ2n) is 4.94. The smallest absolute Gasteiger partial charge is 0.310 e. The van der Waals surface area contributed by atoms with E-state index in [9.17, 15) is 18.4 Å². The third kappa shape index (κ3) is 2.64. The van der Waals surface area contributed by atoms with Crippen LogP contribution in [-0.4, -0.2) is 37.0 Å². The van der Waals surface area contributed by atoms with E-state index in [1.165, 1.54) is 12.0 Å². The molecule has 1 saturated heterocycles. The van der Waals surface area contributed by atoms with Crippen molar-refractivity contribution < 1.29 is 23.1 Å². The summed E-state index contributed by atoms with van der Waals surface area (Å²) in [5, 5.41) is 0. The van der Waals surface area contributed by atoms with Crippen LogP contribution in [0.5, 0.6) is 0 Å². The van der Waals surface area contributed by atoms with Gasteiger partial charge in [-0.15, -0.1) is 0 Å². The van der Waals surface area contributed by atoms with Crippen LogP contribution in [0.15, 0.2) is 18.2 Å². The van der Waals surface area contributed by atoms with Crippen molar-refractivity contribution in [2.24, 2.45) is 11.8 Å². The van der Waals surface area contributed by atoms with E-state index in [4.69, 9.17) is 0 Å². The number of nitrogens with zero attached hydrogens (tertiary/aromatic N) is 1. The maximum Gasteiger partial charge on any atom is 0.310 e. The molecule has 0 spiro atoms. The number of hydrogen-bond donors (Lipinski definition) is 0. The number of carbonyl (C=O) groups excluding carboxylic acids is 2. The normalized spacial score (nSPS) is 21.9. The Morgan fingerprint density at radius 1 is 1.30 bits per heavy atom. The van der Waals surface area contributed by atoms with Crippen LogP contribution in [0.2, 0.25) is 0 Å². The Kier molecular flexibility index (Phi) is 4.01. The molecular weight excluding hydrogens is 268 g/mol. The van der Waals surface area contributed by atoms with Gasteiger partial charge in [0.2, 0.25) is 0 Å². The van der Waals surface area contributed by atoms with Crippen LogP contribution in [0.1, 0.15) is 17.3 Å². The maximum atomic E-state index is 13.6. The predicted molar refractivity (Wildman–Crippen MR) is 66.9 cm³/mol. The summed E-state index contributed by atoms with van der Waals surface area (Å²) in [5.74, 6) is -3.03. The van der Waals surface area contributed by atoms with E-state index in [1.807, 2.05) is 6.92 Å². The van der Waals surface area contributed by atoms with E-state index in [0.717, 1.165) is 12.1 Å². The Hall–Kier alpha value is -1.98. The first-order valence-corrected chi connectivity index (χ1v) is 6.26. The Labute approximate surface area is 115 Å². The summed E-state index contributed by atoms with van der Waals surface area (Å²) in [5.41, 5.74) is -0.191. The van der Waals surface area contributed by atoms with Crippen LogP contribution in [0.4, 0.5) is 8.78 Å². The zero-order chi connectivity index (χ0) is 14.9. The fourth-order valence-corrected chi connectivity index (χ4v) is 2.42. The second kappa shape index (κ2) is 5.56. The monoisotopic (exact) mass is 283 g/mol. The van der Waals surface area contributed by atoms with Gasteiger partial charge >= 0.3 is 5.97 Å². The van der Waals surface area contributed by atoms with Gasteiger partial charge in [-0.3, -0.25) is 9.59 Å². The van der Waals surface area contributed by atoms with Crippen molar-refractivity contribution in [3.63, 3.8) is 0 Å². The zero-order valence-corrected chi connectivity index (χ0v) is 11.2. The molecule has 1 aromatic carbocycles. The number of amides is 1. The van der Waals surface area contributed by atoms with Crippen molar-refractivity contribution in [3.05, 3.63) is 35.4 Å². The SMILES string of the molecule is COC(=O)C1CN(C(=O)c2ccc(F)cc2F)CC1C. The van der Waals surface area contributed by atoms with Crippen molar-refractivity contribution >= 4 is 11.9 Å². The average molecular weight is 283 g/mol. The first-order chi connectivity index (χ1) is 9.43. The lowest BCUT2D eigenvalue weighted by atomic mass is 9.99. The number of rotatable bonds is 2. The van der Waals surface area contributed by atoms with E-state index >= 15 is 0 Å². The second-order valence-corrected chi connectivity index (χ2v) is 4.94. The molecule has 1 aliphatic heterocycles. The van der Waals surface area contributed by atoms with Gasteiger partial charge in [0.05, 0.1) is 18.6 Å². The molecule has 0 aromatic heterocycles. The molecule has 6 heteroatoms. The van der Waals surface area contributed by atoms with Gasteiger partial charge in [0.1, 0.15) is 11.6 Å².